The van der Waals surface area contributed by atoms with E-state index in [1.807, 2.05) is 0 Å². The Morgan fingerprint density at radius 1 is 1.07 bits per heavy atom. The molecule has 0 aliphatic carbocycles. The van der Waals surface area contributed by atoms with Gasteiger partial charge in [0.2, 0.25) is 5.13 Å². The lowest BCUT2D eigenvalue weighted by molar-refractivity contribution is -0.132. The minimum atomic E-state index is -0.825. The van der Waals surface area contributed by atoms with Crippen LogP contribution in [-0.2, 0) is 9.59 Å². The first-order valence-corrected chi connectivity index (χ1v) is 9.63. The maximum Gasteiger partial charge on any atom is 0.301 e. The van der Waals surface area contributed by atoms with Gasteiger partial charge in [-0.05, 0) is 24.6 Å². The number of carbonyl (C=O) groups excluding carboxylic acids is 2. The number of anilines is 1. The van der Waals surface area contributed by atoms with Gasteiger partial charge in [-0.1, -0.05) is 53.8 Å². The largest absolute Gasteiger partial charge is 0.507 e. The van der Waals surface area contributed by atoms with E-state index in [0.717, 1.165) is 0 Å². The molecule has 0 radical (unpaired) electrons. The number of ketones is 1. The number of carbonyl (C=O) groups is 2. The van der Waals surface area contributed by atoms with Gasteiger partial charge >= 0.3 is 5.91 Å². The highest BCUT2D eigenvalue weighted by molar-refractivity contribution is 7.15. The van der Waals surface area contributed by atoms with Gasteiger partial charge in [0.25, 0.3) is 5.78 Å². The SMILES string of the molecule is COc1ccc(C2C(=C(O)c3ccccc3)C(=O)C(=O)N2c2nnc(C)s2)cc1. The molecule has 1 amide bonds. The fourth-order valence-electron chi connectivity index (χ4n) is 3.27. The van der Waals surface area contributed by atoms with Crippen LogP contribution < -0.4 is 9.64 Å². The lowest BCUT2D eigenvalue weighted by Crippen LogP contribution is -2.29. The molecule has 1 atom stereocenters. The average molecular weight is 407 g/mol. The highest BCUT2D eigenvalue weighted by Crippen LogP contribution is 2.43. The monoisotopic (exact) mass is 407 g/mol. The first kappa shape index (κ1) is 18.8. The summed E-state index contributed by atoms with van der Waals surface area (Å²) in [6.07, 6.45) is 0. The molecule has 1 aliphatic heterocycles. The van der Waals surface area contributed by atoms with Crippen LogP contribution in [0, 0.1) is 6.92 Å². The number of Topliss-reactive ketones (excluding diaryl/α,β-unsaturated/α-hetero) is 1. The van der Waals surface area contributed by atoms with Crippen molar-refractivity contribution in [2.45, 2.75) is 13.0 Å². The van der Waals surface area contributed by atoms with Crippen molar-refractivity contribution in [3.8, 4) is 5.75 Å². The van der Waals surface area contributed by atoms with Gasteiger partial charge in [0.15, 0.2) is 0 Å². The van der Waals surface area contributed by atoms with Crippen molar-refractivity contribution >= 4 is 33.9 Å². The van der Waals surface area contributed by atoms with Crippen LogP contribution in [0.4, 0.5) is 5.13 Å². The lowest BCUT2D eigenvalue weighted by Gasteiger charge is -2.22. The standard InChI is InChI=1S/C21H17N3O4S/c1-12-22-23-21(29-12)24-17(13-8-10-15(28-2)11-9-13)16(19(26)20(24)27)18(25)14-6-4-3-5-7-14/h3-11,17,25H,1-2H3. The summed E-state index contributed by atoms with van der Waals surface area (Å²) in [6, 6.07) is 14.8. The minimum Gasteiger partial charge on any atom is -0.507 e. The summed E-state index contributed by atoms with van der Waals surface area (Å²) in [7, 11) is 1.56. The van der Waals surface area contributed by atoms with Crippen molar-refractivity contribution in [1.82, 2.24) is 10.2 Å². The van der Waals surface area contributed by atoms with Crippen molar-refractivity contribution in [3.63, 3.8) is 0 Å². The summed E-state index contributed by atoms with van der Waals surface area (Å²) in [4.78, 5) is 27.1. The van der Waals surface area contributed by atoms with E-state index in [-0.39, 0.29) is 11.3 Å². The van der Waals surface area contributed by atoms with Crippen LogP contribution in [0.2, 0.25) is 0 Å². The molecule has 1 fully saturated rings. The Hall–Kier alpha value is -3.52. The number of ether oxygens (including phenoxy) is 1. The van der Waals surface area contributed by atoms with E-state index in [2.05, 4.69) is 10.2 Å². The maximum absolute atomic E-state index is 12.9. The Morgan fingerprint density at radius 3 is 2.34 bits per heavy atom. The summed E-state index contributed by atoms with van der Waals surface area (Å²) < 4.78 is 5.20. The molecule has 0 saturated carbocycles. The number of nitrogens with zero attached hydrogens (tertiary/aromatic N) is 3. The molecule has 2 heterocycles. The van der Waals surface area contributed by atoms with E-state index in [0.29, 0.717) is 27.0 Å². The number of aryl methyl sites for hydroxylation is 1. The van der Waals surface area contributed by atoms with E-state index in [1.165, 1.54) is 16.2 Å². The van der Waals surface area contributed by atoms with Crippen LogP contribution in [0.25, 0.3) is 5.76 Å². The van der Waals surface area contributed by atoms with Crippen LogP contribution in [0.3, 0.4) is 0 Å². The average Bonchev–Trinajstić information content (AvgIpc) is 3.29. The first-order valence-electron chi connectivity index (χ1n) is 8.81. The summed E-state index contributed by atoms with van der Waals surface area (Å²) in [5.74, 6) is -1.10. The Morgan fingerprint density at radius 2 is 1.76 bits per heavy atom. The minimum absolute atomic E-state index is 0.0132. The van der Waals surface area contributed by atoms with E-state index in [1.54, 1.807) is 68.6 Å². The third-order valence-corrected chi connectivity index (χ3v) is 5.48. The van der Waals surface area contributed by atoms with Gasteiger partial charge in [-0.2, -0.15) is 0 Å². The first-order chi connectivity index (χ1) is 14.0. The van der Waals surface area contributed by atoms with Crippen LogP contribution in [-0.4, -0.2) is 34.1 Å². The van der Waals surface area contributed by atoms with E-state index in [9.17, 15) is 14.7 Å². The molecule has 29 heavy (non-hydrogen) atoms. The molecule has 1 aromatic heterocycles. The van der Waals surface area contributed by atoms with Crippen molar-refractivity contribution in [1.29, 1.82) is 0 Å². The Balaban J connectivity index is 1.92. The maximum atomic E-state index is 12.9. The number of hydrogen-bond acceptors (Lipinski definition) is 7. The number of benzene rings is 2. The van der Waals surface area contributed by atoms with Gasteiger partial charge in [0.1, 0.15) is 16.5 Å². The Labute approximate surface area is 170 Å². The van der Waals surface area contributed by atoms with Gasteiger partial charge in [-0.3, -0.25) is 14.5 Å². The van der Waals surface area contributed by atoms with Crippen molar-refractivity contribution < 1.29 is 19.4 Å². The molecule has 1 N–H and O–H groups in total. The fourth-order valence-corrected chi connectivity index (χ4v) is 3.98. The second-order valence-electron chi connectivity index (χ2n) is 6.41. The van der Waals surface area contributed by atoms with E-state index < -0.39 is 17.7 Å². The summed E-state index contributed by atoms with van der Waals surface area (Å²) in [5.41, 5.74) is 1.12. The fraction of sp³-hybridized carbons (Fsp3) is 0.143. The van der Waals surface area contributed by atoms with Gasteiger partial charge in [0, 0.05) is 5.56 Å². The van der Waals surface area contributed by atoms with Crippen LogP contribution in [0.1, 0.15) is 22.2 Å². The predicted molar refractivity (Wildman–Crippen MR) is 109 cm³/mol. The normalized spacial score (nSPS) is 18.3. The highest BCUT2D eigenvalue weighted by Gasteiger charge is 2.48. The lowest BCUT2D eigenvalue weighted by atomic mass is 9.95. The Kier molecular flexibility index (Phi) is 4.85. The zero-order valence-electron chi connectivity index (χ0n) is 15.7. The molecule has 1 aliphatic rings. The smallest absolute Gasteiger partial charge is 0.301 e. The van der Waals surface area contributed by atoms with Crippen LogP contribution in [0.15, 0.2) is 60.2 Å². The molecule has 2 aromatic carbocycles. The molecule has 0 spiro atoms. The molecule has 7 nitrogen and oxygen atoms in total. The topological polar surface area (TPSA) is 92.6 Å². The van der Waals surface area contributed by atoms with Gasteiger partial charge in [-0.25, -0.2) is 0 Å². The molecule has 0 bridgehead atoms. The molecule has 1 saturated heterocycles. The molecule has 8 heteroatoms. The van der Waals surface area contributed by atoms with Crippen LogP contribution >= 0.6 is 11.3 Å². The molecule has 4 rings (SSSR count). The summed E-state index contributed by atoms with van der Waals surface area (Å²) >= 11 is 1.21. The third-order valence-electron chi connectivity index (χ3n) is 4.64. The number of hydrogen-bond donors (Lipinski definition) is 1. The second-order valence-corrected chi connectivity index (χ2v) is 7.57. The number of amides is 1. The molecule has 1 unspecified atom stereocenters. The predicted octanol–water partition coefficient (Wildman–Crippen LogP) is 3.48. The van der Waals surface area contributed by atoms with Crippen molar-refractivity contribution in [2.75, 3.05) is 12.0 Å². The number of aliphatic hydroxyl groups excluding tert-OH is 1. The van der Waals surface area contributed by atoms with Gasteiger partial charge in [-0.15, -0.1) is 10.2 Å². The molecular formula is C21H17N3O4S. The number of aliphatic hydroxyl groups is 1. The quantitative estimate of drug-likeness (QED) is 0.404. The molecular weight excluding hydrogens is 390 g/mol. The van der Waals surface area contributed by atoms with Crippen molar-refractivity contribution in [3.05, 3.63) is 76.3 Å². The Bertz CT molecular complexity index is 1110. The summed E-state index contributed by atoms with van der Waals surface area (Å²) in [6.45, 7) is 1.77. The third kappa shape index (κ3) is 3.27. The molecule has 146 valence electrons. The van der Waals surface area contributed by atoms with Gasteiger partial charge in [0.05, 0.1) is 18.7 Å². The van der Waals surface area contributed by atoms with Crippen molar-refractivity contribution in [2.24, 2.45) is 0 Å². The molecule has 3 aromatic rings. The van der Waals surface area contributed by atoms with Gasteiger partial charge < -0.3 is 9.84 Å². The number of aromatic nitrogens is 2. The summed E-state index contributed by atoms with van der Waals surface area (Å²) in [5, 5.41) is 19.9. The second kappa shape index (κ2) is 7.48. The zero-order chi connectivity index (χ0) is 20.5. The zero-order valence-corrected chi connectivity index (χ0v) is 16.5. The van der Waals surface area contributed by atoms with E-state index in [4.69, 9.17) is 4.74 Å². The highest BCUT2D eigenvalue weighted by atomic mass is 32.1. The van der Waals surface area contributed by atoms with Crippen LogP contribution in [0.5, 0.6) is 5.75 Å². The van der Waals surface area contributed by atoms with E-state index >= 15 is 0 Å². The number of rotatable bonds is 4. The number of methoxy groups -OCH3 is 1.